The van der Waals surface area contributed by atoms with E-state index < -0.39 is 11.6 Å². The van der Waals surface area contributed by atoms with Crippen molar-refractivity contribution in [2.24, 2.45) is 0 Å². The quantitative estimate of drug-likeness (QED) is 0.582. The Balaban J connectivity index is 4.08. The predicted octanol–water partition coefficient (Wildman–Crippen LogP) is -0.142. The molecule has 0 aromatic rings. The Hall–Kier alpha value is -0.610. The third-order valence-electron chi connectivity index (χ3n) is 1.37. The molecule has 0 saturated carbocycles. The zero-order chi connectivity index (χ0) is 8.20. The number of carboxylic acid groups (broad SMARTS) is 1. The molecular weight excluding hydrogens is 136 g/mol. The standard InChI is InChI=1S/C6H12O4/c1-3-6(9,4-10-2)5(7)8/h9H,3-4H2,1-2H3,(H,7,8). The number of carboxylic acids is 1. The molecule has 0 aromatic carbocycles. The minimum Gasteiger partial charge on any atom is -0.479 e. The summed E-state index contributed by atoms with van der Waals surface area (Å²) in [6, 6.07) is 0. The molecule has 0 aliphatic rings. The number of rotatable bonds is 4. The lowest BCUT2D eigenvalue weighted by atomic mass is 10.0. The molecule has 0 heterocycles. The van der Waals surface area contributed by atoms with E-state index in [4.69, 9.17) is 5.11 Å². The number of hydrogen-bond acceptors (Lipinski definition) is 3. The maximum Gasteiger partial charge on any atom is 0.338 e. The van der Waals surface area contributed by atoms with Crippen LogP contribution in [0.2, 0.25) is 0 Å². The van der Waals surface area contributed by atoms with E-state index in [1.54, 1.807) is 6.92 Å². The van der Waals surface area contributed by atoms with E-state index in [2.05, 4.69) is 4.74 Å². The van der Waals surface area contributed by atoms with Gasteiger partial charge >= 0.3 is 5.97 Å². The summed E-state index contributed by atoms with van der Waals surface area (Å²) in [5.41, 5.74) is -1.71. The number of aliphatic carboxylic acids is 1. The van der Waals surface area contributed by atoms with Gasteiger partial charge in [0.2, 0.25) is 0 Å². The second-order valence-corrected chi connectivity index (χ2v) is 2.12. The van der Waals surface area contributed by atoms with Crippen molar-refractivity contribution in [3.8, 4) is 0 Å². The van der Waals surface area contributed by atoms with Crippen molar-refractivity contribution in [1.82, 2.24) is 0 Å². The topological polar surface area (TPSA) is 66.8 Å². The summed E-state index contributed by atoms with van der Waals surface area (Å²) in [6.07, 6.45) is 0.149. The van der Waals surface area contributed by atoms with E-state index in [9.17, 15) is 9.90 Å². The van der Waals surface area contributed by atoms with E-state index in [0.717, 1.165) is 0 Å². The van der Waals surface area contributed by atoms with Gasteiger partial charge < -0.3 is 14.9 Å². The van der Waals surface area contributed by atoms with Crippen LogP contribution in [0.3, 0.4) is 0 Å². The van der Waals surface area contributed by atoms with Crippen LogP contribution in [0, 0.1) is 0 Å². The molecule has 1 unspecified atom stereocenters. The van der Waals surface area contributed by atoms with Gasteiger partial charge in [0.15, 0.2) is 5.60 Å². The lowest BCUT2D eigenvalue weighted by Crippen LogP contribution is -2.42. The van der Waals surface area contributed by atoms with Gasteiger partial charge in [-0.15, -0.1) is 0 Å². The van der Waals surface area contributed by atoms with Crippen molar-refractivity contribution in [2.75, 3.05) is 13.7 Å². The fourth-order valence-corrected chi connectivity index (χ4v) is 0.554. The summed E-state index contributed by atoms with van der Waals surface area (Å²) in [5.74, 6) is -1.24. The lowest BCUT2D eigenvalue weighted by molar-refractivity contribution is -0.164. The van der Waals surface area contributed by atoms with Crippen LogP contribution in [0.5, 0.6) is 0 Å². The summed E-state index contributed by atoms with van der Waals surface area (Å²) in [4.78, 5) is 10.3. The summed E-state index contributed by atoms with van der Waals surface area (Å²) < 4.78 is 4.53. The molecule has 0 fully saturated rings. The monoisotopic (exact) mass is 148 g/mol. The molecule has 0 radical (unpaired) electrons. The first-order valence-electron chi connectivity index (χ1n) is 3.01. The maximum atomic E-state index is 10.3. The van der Waals surface area contributed by atoms with Crippen molar-refractivity contribution >= 4 is 5.97 Å². The number of aliphatic hydroxyl groups is 1. The van der Waals surface area contributed by atoms with E-state index in [-0.39, 0.29) is 13.0 Å². The second kappa shape index (κ2) is 3.53. The van der Waals surface area contributed by atoms with Crippen LogP contribution < -0.4 is 0 Å². The van der Waals surface area contributed by atoms with Crippen LogP contribution >= 0.6 is 0 Å². The molecule has 0 saturated heterocycles. The average molecular weight is 148 g/mol. The third-order valence-corrected chi connectivity index (χ3v) is 1.37. The Morgan fingerprint density at radius 3 is 2.30 bits per heavy atom. The predicted molar refractivity (Wildman–Crippen MR) is 34.8 cm³/mol. The van der Waals surface area contributed by atoms with Gasteiger partial charge in [-0.1, -0.05) is 6.92 Å². The molecule has 4 heteroatoms. The summed E-state index contributed by atoms with van der Waals surface area (Å²) >= 11 is 0. The Labute approximate surface area is 59.4 Å². The highest BCUT2D eigenvalue weighted by Crippen LogP contribution is 2.09. The first-order chi connectivity index (χ1) is 4.56. The van der Waals surface area contributed by atoms with Crippen molar-refractivity contribution in [3.05, 3.63) is 0 Å². The Bertz CT molecular complexity index is 123. The van der Waals surface area contributed by atoms with Crippen molar-refractivity contribution in [3.63, 3.8) is 0 Å². The van der Waals surface area contributed by atoms with Gasteiger partial charge in [0.1, 0.15) is 0 Å². The van der Waals surface area contributed by atoms with E-state index in [1.807, 2.05) is 0 Å². The number of carbonyl (C=O) groups is 1. The van der Waals surface area contributed by atoms with Gasteiger partial charge in [0, 0.05) is 7.11 Å². The first kappa shape index (κ1) is 9.39. The third kappa shape index (κ3) is 1.97. The molecule has 0 aromatic heterocycles. The molecule has 1 atom stereocenters. The molecule has 4 nitrogen and oxygen atoms in total. The highest BCUT2D eigenvalue weighted by Gasteiger charge is 2.33. The highest BCUT2D eigenvalue weighted by molar-refractivity contribution is 5.77. The SMILES string of the molecule is CCC(O)(COC)C(=O)O. The smallest absolute Gasteiger partial charge is 0.338 e. The van der Waals surface area contributed by atoms with Crippen LogP contribution in [-0.2, 0) is 9.53 Å². The normalized spacial score (nSPS) is 16.3. The number of ether oxygens (including phenoxy) is 1. The molecule has 0 amide bonds. The Morgan fingerprint density at radius 1 is 1.70 bits per heavy atom. The summed E-state index contributed by atoms with van der Waals surface area (Å²) in [6.45, 7) is 1.42. The maximum absolute atomic E-state index is 10.3. The number of methoxy groups -OCH3 is 1. The first-order valence-corrected chi connectivity index (χ1v) is 3.01. The van der Waals surface area contributed by atoms with E-state index in [0.29, 0.717) is 0 Å². The molecule has 2 N–H and O–H groups in total. The van der Waals surface area contributed by atoms with Gasteiger partial charge in [0.25, 0.3) is 0 Å². The minimum absolute atomic E-state index is 0.149. The van der Waals surface area contributed by atoms with Crippen LogP contribution in [0.1, 0.15) is 13.3 Å². The molecule has 0 spiro atoms. The van der Waals surface area contributed by atoms with E-state index in [1.165, 1.54) is 7.11 Å². The fourth-order valence-electron chi connectivity index (χ4n) is 0.554. The Morgan fingerprint density at radius 2 is 2.20 bits per heavy atom. The van der Waals surface area contributed by atoms with Crippen LogP contribution in [0.25, 0.3) is 0 Å². The second-order valence-electron chi connectivity index (χ2n) is 2.12. The van der Waals surface area contributed by atoms with E-state index >= 15 is 0 Å². The summed E-state index contributed by atoms with van der Waals surface area (Å²) in [5, 5.41) is 17.6. The molecule has 10 heavy (non-hydrogen) atoms. The van der Waals surface area contributed by atoms with Gasteiger partial charge in [0.05, 0.1) is 6.61 Å². The van der Waals surface area contributed by atoms with Crippen LogP contribution in [0.4, 0.5) is 0 Å². The summed E-state index contributed by atoms with van der Waals surface area (Å²) in [7, 11) is 1.35. The van der Waals surface area contributed by atoms with Crippen LogP contribution in [-0.4, -0.2) is 35.5 Å². The van der Waals surface area contributed by atoms with Gasteiger partial charge in [-0.3, -0.25) is 0 Å². The fraction of sp³-hybridized carbons (Fsp3) is 0.833. The number of hydrogen-bond donors (Lipinski definition) is 2. The molecule has 0 bridgehead atoms. The van der Waals surface area contributed by atoms with Crippen molar-refractivity contribution in [2.45, 2.75) is 18.9 Å². The minimum atomic E-state index is -1.71. The average Bonchev–Trinajstić information content (AvgIpc) is 1.88. The largest absolute Gasteiger partial charge is 0.479 e. The van der Waals surface area contributed by atoms with Crippen molar-refractivity contribution < 1.29 is 19.7 Å². The van der Waals surface area contributed by atoms with Gasteiger partial charge in [-0.25, -0.2) is 4.79 Å². The molecule has 0 rings (SSSR count). The van der Waals surface area contributed by atoms with Gasteiger partial charge in [-0.2, -0.15) is 0 Å². The van der Waals surface area contributed by atoms with Crippen LogP contribution in [0.15, 0.2) is 0 Å². The molecule has 60 valence electrons. The highest BCUT2D eigenvalue weighted by atomic mass is 16.5. The Kier molecular flexibility index (Phi) is 3.32. The zero-order valence-electron chi connectivity index (χ0n) is 6.13. The lowest BCUT2D eigenvalue weighted by Gasteiger charge is -2.19. The molecular formula is C6H12O4. The van der Waals surface area contributed by atoms with Gasteiger partial charge in [-0.05, 0) is 6.42 Å². The molecule has 0 aliphatic heterocycles. The zero-order valence-corrected chi connectivity index (χ0v) is 6.13. The molecule has 0 aliphatic carbocycles. The van der Waals surface area contributed by atoms with Crippen molar-refractivity contribution in [1.29, 1.82) is 0 Å².